The van der Waals surface area contributed by atoms with Crippen LogP contribution in [0.25, 0.3) is 0 Å². The lowest BCUT2D eigenvalue weighted by Crippen LogP contribution is -3.00. The van der Waals surface area contributed by atoms with Crippen LogP contribution in [-0.4, -0.2) is 25.1 Å². The van der Waals surface area contributed by atoms with Gasteiger partial charge in [0.25, 0.3) is 0 Å². The fraction of sp³-hybridized carbons (Fsp3) is 0.333. The molecule has 0 unspecified atom stereocenters. The molecule has 0 aliphatic carbocycles. The highest BCUT2D eigenvalue weighted by molar-refractivity contribution is 6.35. The smallest absolute Gasteiger partial charge is 0.106 e. The standard InChI is InChI=1S/C12H16Cl2N.ClH/c1-4-7-15(2,3)9-10-5-6-11(13)8-12(10)14;/h4-6,8H,1,7,9H2,2-3H3;1H/q+1;/p-1. The number of hydrogen-bond acceptors (Lipinski definition) is 0. The highest BCUT2D eigenvalue weighted by Gasteiger charge is 2.15. The first-order valence-corrected chi connectivity index (χ1v) is 5.57. The lowest BCUT2D eigenvalue weighted by molar-refractivity contribution is -0.897. The van der Waals surface area contributed by atoms with Crippen LogP contribution in [0.15, 0.2) is 30.9 Å². The molecule has 16 heavy (non-hydrogen) atoms. The molecule has 0 N–H and O–H groups in total. The van der Waals surface area contributed by atoms with E-state index in [9.17, 15) is 0 Å². The Morgan fingerprint density at radius 1 is 1.31 bits per heavy atom. The van der Waals surface area contributed by atoms with E-state index >= 15 is 0 Å². The molecular formula is C12H16Cl3N. The molecule has 0 amide bonds. The Bertz CT molecular complexity index is 361. The third kappa shape index (κ3) is 4.75. The Hall–Kier alpha value is -0.210. The van der Waals surface area contributed by atoms with Gasteiger partial charge in [-0.15, -0.1) is 0 Å². The molecule has 0 bridgehead atoms. The maximum absolute atomic E-state index is 6.12. The largest absolute Gasteiger partial charge is 1.00 e. The Labute approximate surface area is 114 Å². The van der Waals surface area contributed by atoms with Gasteiger partial charge in [-0.05, 0) is 18.2 Å². The number of likely N-dealkylation sites (N-methyl/N-ethyl adjacent to an activating group) is 1. The van der Waals surface area contributed by atoms with Gasteiger partial charge in [0, 0.05) is 10.6 Å². The van der Waals surface area contributed by atoms with Crippen molar-refractivity contribution in [3.05, 3.63) is 46.5 Å². The van der Waals surface area contributed by atoms with Crippen LogP contribution in [0.1, 0.15) is 5.56 Å². The second-order valence-corrected chi connectivity index (χ2v) is 5.14. The number of nitrogens with zero attached hydrogens (tertiary/aromatic N) is 1. The summed E-state index contributed by atoms with van der Waals surface area (Å²) in [5.41, 5.74) is 1.12. The topological polar surface area (TPSA) is 0 Å². The van der Waals surface area contributed by atoms with Crippen LogP contribution in [0.4, 0.5) is 0 Å². The van der Waals surface area contributed by atoms with E-state index in [4.69, 9.17) is 23.2 Å². The first kappa shape index (κ1) is 15.8. The molecule has 0 radical (unpaired) electrons. The van der Waals surface area contributed by atoms with Gasteiger partial charge in [-0.1, -0.05) is 35.8 Å². The van der Waals surface area contributed by atoms with Crippen molar-refractivity contribution in [2.24, 2.45) is 0 Å². The highest BCUT2D eigenvalue weighted by Crippen LogP contribution is 2.23. The molecule has 0 aliphatic rings. The van der Waals surface area contributed by atoms with Gasteiger partial charge in [0.1, 0.15) is 6.54 Å². The van der Waals surface area contributed by atoms with E-state index < -0.39 is 0 Å². The van der Waals surface area contributed by atoms with Crippen molar-refractivity contribution >= 4 is 23.2 Å². The van der Waals surface area contributed by atoms with Crippen molar-refractivity contribution in [1.29, 1.82) is 0 Å². The number of quaternary nitrogens is 1. The molecule has 1 nitrogen and oxygen atoms in total. The van der Waals surface area contributed by atoms with Gasteiger partial charge in [-0.2, -0.15) is 0 Å². The quantitative estimate of drug-likeness (QED) is 0.564. The summed E-state index contributed by atoms with van der Waals surface area (Å²) in [6, 6.07) is 5.64. The Balaban J connectivity index is 0.00000225. The summed E-state index contributed by atoms with van der Waals surface area (Å²) in [6.07, 6.45) is 1.92. The molecule has 90 valence electrons. The monoisotopic (exact) mass is 279 g/mol. The Morgan fingerprint density at radius 3 is 2.44 bits per heavy atom. The minimum atomic E-state index is 0. The van der Waals surface area contributed by atoms with Crippen LogP contribution in [0, 0.1) is 0 Å². The zero-order chi connectivity index (χ0) is 11.5. The van der Waals surface area contributed by atoms with E-state index in [2.05, 4.69) is 20.7 Å². The first-order chi connectivity index (χ1) is 6.94. The van der Waals surface area contributed by atoms with E-state index in [1.807, 2.05) is 18.2 Å². The van der Waals surface area contributed by atoms with Gasteiger partial charge in [0.15, 0.2) is 0 Å². The molecule has 0 saturated carbocycles. The second kappa shape index (κ2) is 6.51. The molecule has 0 fully saturated rings. The van der Waals surface area contributed by atoms with Gasteiger partial charge < -0.3 is 16.9 Å². The predicted molar refractivity (Wildman–Crippen MR) is 67.3 cm³/mol. The van der Waals surface area contributed by atoms with Crippen LogP contribution < -0.4 is 12.4 Å². The minimum Gasteiger partial charge on any atom is -1.00 e. The molecule has 1 aromatic carbocycles. The summed E-state index contributed by atoms with van der Waals surface area (Å²) in [5.74, 6) is 0. The third-order valence-electron chi connectivity index (χ3n) is 2.24. The fourth-order valence-corrected chi connectivity index (χ4v) is 1.99. The van der Waals surface area contributed by atoms with Crippen molar-refractivity contribution < 1.29 is 16.9 Å². The van der Waals surface area contributed by atoms with Crippen molar-refractivity contribution in [3.8, 4) is 0 Å². The molecule has 4 heteroatoms. The molecule has 1 rings (SSSR count). The molecule has 0 heterocycles. The van der Waals surface area contributed by atoms with Crippen LogP contribution in [-0.2, 0) is 6.54 Å². The second-order valence-electron chi connectivity index (χ2n) is 4.30. The zero-order valence-corrected chi connectivity index (χ0v) is 11.8. The molecule has 0 saturated heterocycles. The SMILES string of the molecule is C=CC[N+](C)(C)Cc1ccc(Cl)cc1Cl.[Cl-]. The lowest BCUT2D eigenvalue weighted by Gasteiger charge is -2.28. The van der Waals surface area contributed by atoms with E-state index in [-0.39, 0.29) is 12.4 Å². The van der Waals surface area contributed by atoms with E-state index in [0.717, 1.165) is 28.2 Å². The molecular weight excluding hydrogens is 264 g/mol. The van der Waals surface area contributed by atoms with Crippen molar-refractivity contribution in [2.75, 3.05) is 20.6 Å². The molecule has 0 aromatic heterocycles. The summed E-state index contributed by atoms with van der Waals surface area (Å²) in [4.78, 5) is 0. The van der Waals surface area contributed by atoms with Crippen LogP contribution in [0.3, 0.4) is 0 Å². The maximum Gasteiger partial charge on any atom is 0.106 e. The molecule has 0 atom stereocenters. The van der Waals surface area contributed by atoms with Crippen molar-refractivity contribution in [2.45, 2.75) is 6.54 Å². The van der Waals surface area contributed by atoms with E-state index in [1.165, 1.54) is 0 Å². The predicted octanol–water partition coefficient (Wildman–Crippen LogP) is 0.760. The molecule has 0 aliphatic heterocycles. The zero-order valence-electron chi connectivity index (χ0n) is 9.51. The van der Waals surface area contributed by atoms with E-state index in [0.29, 0.717) is 5.02 Å². The summed E-state index contributed by atoms with van der Waals surface area (Å²) >= 11 is 12.0. The fourth-order valence-electron chi connectivity index (χ4n) is 1.53. The van der Waals surface area contributed by atoms with Gasteiger partial charge in [0.2, 0.25) is 0 Å². The van der Waals surface area contributed by atoms with Gasteiger partial charge in [0.05, 0.1) is 25.7 Å². The van der Waals surface area contributed by atoms with Crippen molar-refractivity contribution in [3.63, 3.8) is 0 Å². The minimum absolute atomic E-state index is 0. The average Bonchev–Trinajstić information content (AvgIpc) is 2.09. The van der Waals surface area contributed by atoms with Crippen LogP contribution in [0.5, 0.6) is 0 Å². The van der Waals surface area contributed by atoms with Crippen LogP contribution >= 0.6 is 23.2 Å². The number of benzene rings is 1. The first-order valence-electron chi connectivity index (χ1n) is 4.81. The van der Waals surface area contributed by atoms with Gasteiger partial charge in [-0.3, -0.25) is 0 Å². The Kier molecular flexibility index (Phi) is 6.42. The number of hydrogen-bond donors (Lipinski definition) is 0. The normalized spacial score (nSPS) is 10.8. The summed E-state index contributed by atoms with van der Waals surface area (Å²) in [7, 11) is 4.29. The average molecular weight is 281 g/mol. The summed E-state index contributed by atoms with van der Waals surface area (Å²) in [5, 5.41) is 1.41. The lowest BCUT2D eigenvalue weighted by atomic mass is 10.2. The maximum atomic E-state index is 6.12. The Morgan fingerprint density at radius 2 is 1.94 bits per heavy atom. The summed E-state index contributed by atoms with van der Waals surface area (Å²) < 4.78 is 0.838. The van der Waals surface area contributed by atoms with E-state index in [1.54, 1.807) is 6.07 Å². The number of halogens is 3. The summed E-state index contributed by atoms with van der Waals surface area (Å²) in [6.45, 7) is 5.55. The third-order valence-corrected chi connectivity index (χ3v) is 2.82. The van der Waals surface area contributed by atoms with Gasteiger partial charge >= 0.3 is 0 Å². The number of rotatable bonds is 4. The van der Waals surface area contributed by atoms with Gasteiger partial charge in [-0.25, -0.2) is 0 Å². The van der Waals surface area contributed by atoms with Crippen LogP contribution in [0.2, 0.25) is 10.0 Å². The highest BCUT2D eigenvalue weighted by atomic mass is 35.5. The van der Waals surface area contributed by atoms with Crippen molar-refractivity contribution in [1.82, 2.24) is 0 Å². The molecule has 0 spiro atoms. The molecule has 1 aromatic rings.